The Labute approximate surface area is 259 Å². The van der Waals surface area contributed by atoms with E-state index in [1.54, 1.807) is 44.5 Å². The van der Waals surface area contributed by atoms with Crippen LogP contribution in [-0.2, 0) is 25.7 Å². The van der Waals surface area contributed by atoms with Crippen molar-refractivity contribution in [3.63, 3.8) is 0 Å². The molecule has 0 nitrogen and oxygen atoms in total. The molecule has 2 fully saturated rings. The van der Waals surface area contributed by atoms with E-state index in [2.05, 4.69) is 106 Å². The monoisotopic (exact) mass is 564 g/mol. The van der Waals surface area contributed by atoms with E-state index in [1.165, 1.54) is 75.4 Å². The predicted octanol–water partition coefficient (Wildman–Crippen LogP) is 12.1. The van der Waals surface area contributed by atoms with Crippen molar-refractivity contribution in [2.24, 2.45) is 22.7 Å². The van der Waals surface area contributed by atoms with Crippen molar-refractivity contribution in [3.8, 4) is 0 Å². The van der Waals surface area contributed by atoms with E-state index in [1.807, 2.05) is 0 Å². The van der Waals surface area contributed by atoms with Gasteiger partial charge in [-0.05, 0) is 141 Å². The predicted molar refractivity (Wildman–Crippen MR) is 184 cm³/mol. The molecule has 228 valence electrons. The molecule has 0 aromatic heterocycles. The van der Waals surface area contributed by atoms with Gasteiger partial charge in [-0.15, -0.1) is 0 Å². The third-order valence-electron chi connectivity index (χ3n) is 12.7. The third kappa shape index (κ3) is 6.12. The van der Waals surface area contributed by atoms with E-state index < -0.39 is 0 Å². The summed E-state index contributed by atoms with van der Waals surface area (Å²) >= 11 is 0. The van der Waals surface area contributed by atoms with Crippen LogP contribution >= 0.6 is 0 Å². The minimum atomic E-state index is 0.390. The van der Waals surface area contributed by atoms with Crippen molar-refractivity contribution in [3.05, 3.63) is 92.1 Å². The molecule has 0 saturated heterocycles. The molecule has 2 saturated carbocycles. The first kappa shape index (κ1) is 31.3. The molecule has 2 aromatic rings. The summed E-state index contributed by atoms with van der Waals surface area (Å²) in [6.45, 7) is 24.2. The summed E-state index contributed by atoms with van der Waals surface area (Å²) in [5.74, 6) is 2.87. The summed E-state index contributed by atoms with van der Waals surface area (Å²) < 4.78 is 0. The van der Waals surface area contributed by atoms with Crippen LogP contribution < -0.4 is 0 Å². The van der Waals surface area contributed by atoms with Gasteiger partial charge in [0.2, 0.25) is 0 Å². The Bertz CT molecular complexity index is 1350. The van der Waals surface area contributed by atoms with Gasteiger partial charge in [0.05, 0.1) is 0 Å². The molecule has 0 amide bonds. The first-order valence-electron chi connectivity index (χ1n) is 17.4. The highest BCUT2D eigenvalue weighted by molar-refractivity contribution is 5.46. The van der Waals surface area contributed by atoms with Crippen molar-refractivity contribution >= 4 is 0 Å². The number of hydrogen-bond donors (Lipinski definition) is 0. The summed E-state index contributed by atoms with van der Waals surface area (Å²) in [5.41, 5.74) is 16.8. The summed E-state index contributed by atoms with van der Waals surface area (Å²) in [6.07, 6.45) is 12.4. The van der Waals surface area contributed by atoms with E-state index >= 15 is 0 Å². The molecule has 0 aliphatic heterocycles. The molecule has 0 bridgehead atoms. The number of benzene rings is 2. The first-order valence-corrected chi connectivity index (χ1v) is 17.4. The van der Waals surface area contributed by atoms with Gasteiger partial charge in [0, 0.05) is 5.92 Å². The van der Waals surface area contributed by atoms with Crippen LogP contribution in [0.4, 0.5) is 0 Å². The van der Waals surface area contributed by atoms with Gasteiger partial charge in [-0.1, -0.05) is 113 Å². The largest absolute Gasteiger partial charge is 0.0769 e. The van der Waals surface area contributed by atoms with Crippen molar-refractivity contribution in [2.75, 3.05) is 0 Å². The van der Waals surface area contributed by atoms with E-state index in [0.29, 0.717) is 22.7 Å². The number of aryl methyl sites for hydroxylation is 4. The highest BCUT2D eigenvalue weighted by Gasteiger charge is 2.46. The molecule has 4 atom stereocenters. The molecule has 3 aliphatic carbocycles. The molecule has 0 heteroatoms. The van der Waals surface area contributed by atoms with Crippen LogP contribution in [0.25, 0.3) is 0 Å². The highest BCUT2D eigenvalue weighted by Crippen LogP contribution is 2.57. The third-order valence-corrected chi connectivity index (χ3v) is 12.7. The average Bonchev–Trinajstić information content (AvgIpc) is 3.61. The smallest absolute Gasteiger partial charge is 0.00913 e. The average molecular weight is 565 g/mol. The molecule has 3 aliphatic rings. The standard InChI is InChI=1S/C42H60/c1-11-41(7,8)36-25-39(40(26-36)42(9,10)12-2)34-20-16-30-13-17-31-21-33(19-15-29(31)14-18-32(30)22-34)38-24-35(27(3)4)23-37(38)28(5)6/h15-16,19-22,36,38-40H,11-14,17-18,23-26H2,1-10H3. The van der Waals surface area contributed by atoms with Crippen LogP contribution in [0.5, 0.6) is 0 Å². The van der Waals surface area contributed by atoms with Gasteiger partial charge in [0.25, 0.3) is 0 Å². The SMILES string of the molecule is CCC(C)(C)C1CC(c2ccc3c(c2)CCc2ccc(C4CC(=C(C)C)CC4=C(C)C)cc2CC3)C(C(C)(C)CC)C1. The van der Waals surface area contributed by atoms with Gasteiger partial charge in [-0.25, -0.2) is 0 Å². The van der Waals surface area contributed by atoms with Crippen molar-refractivity contribution in [1.29, 1.82) is 0 Å². The summed E-state index contributed by atoms with van der Waals surface area (Å²) in [4.78, 5) is 0. The fourth-order valence-corrected chi connectivity index (χ4v) is 8.71. The molecule has 4 unspecified atom stereocenters. The van der Waals surface area contributed by atoms with Crippen LogP contribution in [0.2, 0.25) is 0 Å². The summed E-state index contributed by atoms with van der Waals surface area (Å²) in [5, 5.41) is 0. The second kappa shape index (κ2) is 12.1. The molecule has 0 N–H and O–H groups in total. The van der Waals surface area contributed by atoms with Gasteiger partial charge in [-0.3, -0.25) is 0 Å². The fraction of sp³-hybridized carbons (Fsp3) is 0.619. The normalized spacial score (nSPS) is 24.7. The Morgan fingerprint density at radius 2 is 1.21 bits per heavy atom. The van der Waals surface area contributed by atoms with Crippen LogP contribution in [-0.4, -0.2) is 0 Å². The lowest BCUT2D eigenvalue weighted by molar-refractivity contribution is 0.158. The van der Waals surface area contributed by atoms with Gasteiger partial charge in [0.15, 0.2) is 0 Å². The number of hydrogen-bond acceptors (Lipinski definition) is 0. The lowest BCUT2D eigenvalue weighted by Gasteiger charge is -2.36. The van der Waals surface area contributed by atoms with E-state index in [9.17, 15) is 0 Å². The van der Waals surface area contributed by atoms with Crippen molar-refractivity contribution < 1.29 is 0 Å². The number of allylic oxidation sites excluding steroid dienone is 4. The van der Waals surface area contributed by atoms with E-state index in [0.717, 1.165) is 11.8 Å². The minimum Gasteiger partial charge on any atom is -0.0769 e. The van der Waals surface area contributed by atoms with Crippen molar-refractivity contribution in [1.82, 2.24) is 0 Å². The zero-order chi connectivity index (χ0) is 30.4. The van der Waals surface area contributed by atoms with Gasteiger partial charge >= 0.3 is 0 Å². The van der Waals surface area contributed by atoms with E-state index in [-0.39, 0.29) is 0 Å². The van der Waals surface area contributed by atoms with Crippen molar-refractivity contribution in [2.45, 2.75) is 145 Å². The van der Waals surface area contributed by atoms with Gasteiger partial charge < -0.3 is 0 Å². The first-order chi connectivity index (χ1) is 19.8. The van der Waals surface area contributed by atoms with Gasteiger partial charge in [0.1, 0.15) is 0 Å². The van der Waals surface area contributed by atoms with Gasteiger partial charge in [-0.2, -0.15) is 0 Å². The molecular weight excluding hydrogens is 504 g/mol. The zero-order valence-electron chi connectivity index (χ0n) is 28.8. The molecule has 2 aromatic carbocycles. The maximum atomic E-state index is 2.67. The lowest BCUT2D eigenvalue weighted by atomic mass is 9.69. The lowest BCUT2D eigenvalue weighted by Crippen LogP contribution is -2.26. The fourth-order valence-electron chi connectivity index (χ4n) is 8.71. The zero-order valence-corrected chi connectivity index (χ0v) is 28.8. The summed E-state index contributed by atoms with van der Waals surface area (Å²) in [7, 11) is 0. The molecule has 42 heavy (non-hydrogen) atoms. The highest BCUT2D eigenvalue weighted by atomic mass is 14.5. The quantitative estimate of drug-likeness (QED) is 0.306. The molecule has 0 heterocycles. The Balaban J connectivity index is 1.39. The molecular formula is C42H60. The Hall–Kier alpha value is -2.08. The van der Waals surface area contributed by atoms with E-state index in [4.69, 9.17) is 0 Å². The number of fused-ring (bicyclic) bond motifs is 2. The molecule has 0 spiro atoms. The summed E-state index contributed by atoms with van der Waals surface area (Å²) in [6, 6.07) is 15.3. The maximum absolute atomic E-state index is 2.67. The Morgan fingerprint density at radius 1 is 0.667 bits per heavy atom. The van der Waals surface area contributed by atoms with Crippen LogP contribution in [0.1, 0.15) is 153 Å². The topological polar surface area (TPSA) is 0 Å². The second-order valence-electron chi connectivity index (χ2n) is 16.2. The Morgan fingerprint density at radius 3 is 1.76 bits per heavy atom. The number of rotatable bonds is 6. The van der Waals surface area contributed by atoms with Crippen LogP contribution in [0.15, 0.2) is 58.7 Å². The van der Waals surface area contributed by atoms with Crippen LogP contribution in [0.3, 0.4) is 0 Å². The van der Waals surface area contributed by atoms with Crippen LogP contribution in [0, 0.1) is 22.7 Å². The minimum absolute atomic E-state index is 0.390. The Kier molecular flexibility index (Phi) is 9.05. The molecule has 5 rings (SSSR count). The maximum Gasteiger partial charge on any atom is 0.00913 e. The second-order valence-corrected chi connectivity index (χ2v) is 16.2. The molecule has 0 radical (unpaired) electrons.